The minimum Gasteiger partial charge on any atom is -0.496 e. The number of ether oxygens (including phenoxy) is 1. The Morgan fingerprint density at radius 2 is 2.12 bits per heavy atom. The summed E-state index contributed by atoms with van der Waals surface area (Å²) in [5.41, 5.74) is 3.62. The topological polar surface area (TPSA) is 54.5 Å². The van der Waals surface area contributed by atoms with Crippen LogP contribution in [0.25, 0.3) is 0 Å². The molecule has 3 rings (SSSR count). The summed E-state index contributed by atoms with van der Waals surface area (Å²) in [5.74, 6) is 0.826. The van der Waals surface area contributed by atoms with Crippen LogP contribution in [0.3, 0.4) is 0 Å². The number of para-hydroxylation sites is 1. The van der Waals surface area contributed by atoms with Crippen molar-refractivity contribution < 1.29 is 9.53 Å². The van der Waals surface area contributed by atoms with Gasteiger partial charge >= 0.3 is 0 Å². The van der Waals surface area contributed by atoms with Crippen LogP contribution in [0.1, 0.15) is 39.8 Å². The highest BCUT2D eigenvalue weighted by Crippen LogP contribution is 2.31. The minimum absolute atomic E-state index is 0.0471. The molecule has 0 aliphatic carbocycles. The lowest BCUT2D eigenvalue weighted by Crippen LogP contribution is -2.37. The number of carbonyl (C=O) groups is 1. The highest BCUT2D eigenvalue weighted by molar-refractivity contribution is 7.11. The number of aromatic nitrogens is 1. The standard InChI is InChI=1S/C18H23N3O2S/c1-13-17(24-12-20-13)18(22)19-11-15(21-9-5-6-10-21)14-7-3-4-8-16(14)23-2/h3-4,7-8,12,15H,5-6,9-11H2,1-2H3,(H,19,22)/t15-/m0/s1. The van der Waals surface area contributed by atoms with Gasteiger partial charge in [-0.15, -0.1) is 11.3 Å². The molecule has 0 radical (unpaired) electrons. The fourth-order valence-corrected chi connectivity index (χ4v) is 3.94. The van der Waals surface area contributed by atoms with Crippen molar-refractivity contribution in [3.05, 3.63) is 45.9 Å². The molecule has 2 heterocycles. The van der Waals surface area contributed by atoms with Crippen molar-refractivity contribution >= 4 is 17.2 Å². The van der Waals surface area contributed by atoms with Crippen molar-refractivity contribution in [3.8, 4) is 5.75 Å². The first-order valence-corrected chi connectivity index (χ1v) is 9.14. The third kappa shape index (κ3) is 3.60. The molecule has 1 amide bonds. The van der Waals surface area contributed by atoms with Crippen molar-refractivity contribution in [1.29, 1.82) is 0 Å². The molecular weight excluding hydrogens is 322 g/mol. The first-order valence-electron chi connectivity index (χ1n) is 8.26. The molecule has 1 fully saturated rings. The highest BCUT2D eigenvalue weighted by Gasteiger charge is 2.26. The number of methoxy groups -OCH3 is 1. The Hall–Kier alpha value is -1.92. The van der Waals surface area contributed by atoms with Gasteiger partial charge in [-0.3, -0.25) is 9.69 Å². The number of rotatable bonds is 6. The second kappa shape index (κ2) is 7.77. The molecule has 5 nitrogen and oxygen atoms in total. The predicted molar refractivity (Wildman–Crippen MR) is 95.7 cm³/mol. The zero-order chi connectivity index (χ0) is 16.9. The van der Waals surface area contributed by atoms with E-state index in [1.807, 2.05) is 25.1 Å². The Bertz CT molecular complexity index is 695. The van der Waals surface area contributed by atoms with Crippen molar-refractivity contribution in [2.75, 3.05) is 26.7 Å². The number of hydrogen-bond acceptors (Lipinski definition) is 5. The van der Waals surface area contributed by atoms with Crippen LogP contribution in [0, 0.1) is 6.92 Å². The van der Waals surface area contributed by atoms with Crippen LogP contribution < -0.4 is 10.1 Å². The third-order valence-corrected chi connectivity index (χ3v) is 5.41. The van der Waals surface area contributed by atoms with Crippen molar-refractivity contribution in [2.24, 2.45) is 0 Å². The Kier molecular flexibility index (Phi) is 5.48. The van der Waals surface area contributed by atoms with Crippen LogP contribution in [0.2, 0.25) is 0 Å². The van der Waals surface area contributed by atoms with Crippen molar-refractivity contribution in [2.45, 2.75) is 25.8 Å². The molecule has 0 bridgehead atoms. The molecule has 1 atom stereocenters. The monoisotopic (exact) mass is 345 g/mol. The number of hydrogen-bond donors (Lipinski definition) is 1. The van der Waals surface area contributed by atoms with E-state index in [1.165, 1.54) is 24.2 Å². The van der Waals surface area contributed by atoms with Gasteiger partial charge in [0.2, 0.25) is 0 Å². The van der Waals surface area contributed by atoms with Gasteiger partial charge in [0.15, 0.2) is 0 Å². The molecule has 6 heteroatoms. The van der Waals surface area contributed by atoms with E-state index < -0.39 is 0 Å². The first kappa shape index (κ1) is 16.9. The summed E-state index contributed by atoms with van der Waals surface area (Å²) in [4.78, 5) is 19.7. The summed E-state index contributed by atoms with van der Waals surface area (Å²) < 4.78 is 5.54. The normalized spacial score (nSPS) is 16.1. The maximum absolute atomic E-state index is 12.4. The summed E-state index contributed by atoms with van der Waals surface area (Å²) in [6, 6.07) is 8.19. The number of nitrogens with zero attached hydrogens (tertiary/aromatic N) is 2. The quantitative estimate of drug-likeness (QED) is 0.874. The van der Waals surface area contributed by atoms with Gasteiger partial charge in [0.05, 0.1) is 24.4 Å². The molecule has 1 aliphatic heterocycles. The van der Waals surface area contributed by atoms with Crippen LogP contribution in [0.5, 0.6) is 5.75 Å². The van der Waals surface area contributed by atoms with E-state index in [9.17, 15) is 4.79 Å². The van der Waals surface area contributed by atoms with Gasteiger partial charge in [0.25, 0.3) is 5.91 Å². The Morgan fingerprint density at radius 1 is 1.38 bits per heavy atom. The lowest BCUT2D eigenvalue weighted by molar-refractivity contribution is 0.0940. The van der Waals surface area contributed by atoms with E-state index in [4.69, 9.17) is 4.74 Å². The SMILES string of the molecule is COc1ccccc1[C@H](CNC(=O)c1scnc1C)N1CCCC1. The van der Waals surface area contributed by atoms with Gasteiger partial charge in [-0.25, -0.2) is 4.98 Å². The van der Waals surface area contributed by atoms with E-state index in [0.717, 1.165) is 30.1 Å². The average Bonchev–Trinajstić information content (AvgIpc) is 3.27. The zero-order valence-electron chi connectivity index (χ0n) is 14.1. The Labute approximate surface area is 146 Å². The molecule has 0 unspecified atom stereocenters. The summed E-state index contributed by atoms with van der Waals surface area (Å²) >= 11 is 1.38. The van der Waals surface area contributed by atoms with Gasteiger partial charge in [-0.05, 0) is 38.9 Å². The van der Waals surface area contributed by atoms with Gasteiger partial charge < -0.3 is 10.1 Å². The predicted octanol–water partition coefficient (Wildman–Crippen LogP) is 3.03. The third-order valence-electron chi connectivity index (χ3n) is 4.49. The van der Waals surface area contributed by atoms with Gasteiger partial charge in [0.1, 0.15) is 10.6 Å². The van der Waals surface area contributed by atoms with E-state index >= 15 is 0 Å². The van der Waals surface area contributed by atoms with Crippen LogP contribution in [0.15, 0.2) is 29.8 Å². The van der Waals surface area contributed by atoms with Gasteiger partial charge in [-0.1, -0.05) is 18.2 Å². The molecule has 1 N–H and O–H groups in total. The molecule has 128 valence electrons. The summed E-state index contributed by atoms with van der Waals surface area (Å²) in [7, 11) is 1.69. The summed E-state index contributed by atoms with van der Waals surface area (Å²) in [5, 5.41) is 3.09. The van der Waals surface area contributed by atoms with Crippen LogP contribution >= 0.6 is 11.3 Å². The van der Waals surface area contributed by atoms with Gasteiger partial charge in [0, 0.05) is 12.1 Å². The zero-order valence-corrected chi connectivity index (χ0v) is 14.9. The number of benzene rings is 1. The molecule has 1 saturated heterocycles. The van der Waals surface area contributed by atoms with Gasteiger partial charge in [-0.2, -0.15) is 0 Å². The van der Waals surface area contributed by atoms with Crippen LogP contribution in [-0.2, 0) is 0 Å². The first-order chi connectivity index (χ1) is 11.7. The molecule has 1 aromatic carbocycles. The molecule has 24 heavy (non-hydrogen) atoms. The lowest BCUT2D eigenvalue weighted by atomic mass is 10.0. The largest absolute Gasteiger partial charge is 0.496 e. The number of carbonyl (C=O) groups excluding carboxylic acids is 1. The summed E-state index contributed by atoms with van der Waals surface area (Å²) in [6.45, 7) is 4.54. The van der Waals surface area contributed by atoms with E-state index in [2.05, 4.69) is 21.3 Å². The number of likely N-dealkylation sites (tertiary alicyclic amines) is 1. The average molecular weight is 345 g/mol. The van der Waals surface area contributed by atoms with E-state index in [0.29, 0.717) is 11.4 Å². The lowest BCUT2D eigenvalue weighted by Gasteiger charge is -2.29. The second-order valence-corrected chi connectivity index (χ2v) is 6.83. The Balaban J connectivity index is 1.78. The van der Waals surface area contributed by atoms with E-state index in [-0.39, 0.29) is 11.9 Å². The molecule has 1 aliphatic rings. The molecule has 0 spiro atoms. The summed E-state index contributed by atoms with van der Waals surface area (Å²) in [6.07, 6.45) is 2.40. The van der Waals surface area contributed by atoms with E-state index in [1.54, 1.807) is 12.6 Å². The number of aryl methyl sites for hydroxylation is 1. The highest BCUT2D eigenvalue weighted by atomic mass is 32.1. The van der Waals surface area contributed by atoms with Crippen LogP contribution in [-0.4, -0.2) is 42.5 Å². The number of nitrogens with one attached hydrogen (secondary N) is 1. The van der Waals surface area contributed by atoms with Crippen LogP contribution in [0.4, 0.5) is 0 Å². The van der Waals surface area contributed by atoms with Crippen molar-refractivity contribution in [3.63, 3.8) is 0 Å². The van der Waals surface area contributed by atoms with Crippen molar-refractivity contribution in [1.82, 2.24) is 15.2 Å². The maximum atomic E-state index is 12.4. The number of thiazole rings is 1. The maximum Gasteiger partial charge on any atom is 0.263 e. The fourth-order valence-electron chi connectivity index (χ4n) is 3.22. The molecule has 1 aromatic heterocycles. The fraction of sp³-hybridized carbons (Fsp3) is 0.444. The molecule has 2 aromatic rings. The molecule has 0 saturated carbocycles. The Morgan fingerprint density at radius 3 is 2.79 bits per heavy atom. The minimum atomic E-state index is -0.0471. The number of amides is 1. The molecular formula is C18H23N3O2S. The smallest absolute Gasteiger partial charge is 0.263 e. The second-order valence-electron chi connectivity index (χ2n) is 5.98.